The summed E-state index contributed by atoms with van der Waals surface area (Å²) >= 11 is 4.73. The Morgan fingerprint density at radius 1 is 1.32 bits per heavy atom. The Balaban J connectivity index is 1.62. The summed E-state index contributed by atoms with van der Waals surface area (Å²) in [7, 11) is 0. The fraction of sp³-hybridized carbons (Fsp3) is 0.227. The minimum absolute atomic E-state index is 0.112. The molecule has 2 aromatic carbocycles. The summed E-state index contributed by atoms with van der Waals surface area (Å²) in [5.74, 6) is 0.743. The van der Waals surface area contributed by atoms with Crippen LogP contribution in [0, 0.1) is 12.7 Å². The van der Waals surface area contributed by atoms with Gasteiger partial charge in [-0.05, 0) is 65.7 Å². The van der Waals surface area contributed by atoms with Gasteiger partial charge in [0.1, 0.15) is 17.4 Å². The summed E-state index contributed by atoms with van der Waals surface area (Å²) in [6.45, 7) is 4.45. The Morgan fingerprint density at radius 3 is 2.94 bits per heavy atom. The van der Waals surface area contributed by atoms with E-state index in [0.717, 1.165) is 32.8 Å². The van der Waals surface area contributed by atoms with Crippen LogP contribution in [0.15, 0.2) is 40.9 Å². The molecule has 0 spiro atoms. The van der Waals surface area contributed by atoms with Crippen molar-refractivity contribution in [1.29, 1.82) is 0 Å². The molecule has 6 nitrogen and oxygen atoms in total. The van der Waals surface area contributed by atoms with E-state index in [1.165, 1.54) is 17.4 Å². The zero-order chi connectivity index (χ0) is 21.7. The molecule has 0 aliphatic carbocycles. The summed E-state index contributed by atoms with van der Waals surface area (Å²) < 4.78 is 22.4. The highest BCUT2D eigenvalue weighted by atomic mass is 79.9. The quantitative estimate of drug-likeness (QED) is 0.397. The van der Waals surface area contributed by atoms with Gasteiger partial charge in [-0.25, -0.2) is 9.37 Å². The van der Waals surface area contributed by atoms with Gasteiger partial charge in [0.2, 0.25) is 11.0 Å². The molecule has 0 bridgehead atoms. The highest BCUT2D eigenvalue weighted by Gasteiger charge is 2.33. The number of rotatable bonds is 4. The third kappa shape index (κ3) is 3.51. The smallest absolute Gasteiger partial charge is 0.226 e. The zero-order valence-electron chi connectivity index (χ0n) is 16.8. The zero-order valence-corrected chi connectivity index (χ0v) is 19.2. The first-order valence-electron chi connectivity index (χ1n) is 9.82. The van der Waals surface area contributed by atoms with Gasteiger partial charge in [-0.2, -0.15) is 9.78 Å². The lowest BCUT2D eigenvalue weighted by Crippen LogP contribution is -2.25. The monoisotopic (exact) mass is 500 g/mol. The van der Waals surface area contributed by atoms with Crippen molar-refractivity contribution in [3.05, 3.63) is 63.5 Å². The number of nitrogens with zero attached hydrogens (tertiary/aromatic N) is 3. The van der Waals surface area contributed by atoms with Crippen LogP contribution in [0.4, 0.5) is 10.2 Å². The number of carbonyl (C=O) groups excluding carboxylic acids is 1. The molecule has 31 heavy (non-hydrogen) atoms. The summed E-state index contributed by atoms with van der Waals surface area (Å²) in [5, 5.41) is 8.33. The summed E-state index contributed by atoms with van der Waals surface area (Å²) in [5.41, 5.74) is 3.42. The van der Waals surface area contributed by atoms with Gasteiger partial charge < -0.3 is 10.1 Å². The van der Waals surface area contributed by atoms with E-state index < -0.39 is 0 Å². The lowest BCUT2D eigenvalue weighted by molar-refractivity contribution is -0.116. The van der Waals surface area contributed by atoms with Gasteiger partial charge in [-0.15, -0.1) is 0 Å². The average molecular weight is 501 g/mol. The van der Waals surface area contributed by atoms with Gasteiger partial charge in [0.15, 0.2) is 0 Å². The number of thiazole rings is 1. The van der Waals surface area contributed by atoms with Crippen molar-refractivity contribution in [3.8, 4) is 10.9 Å². The van der Waals surface area contributed by atoms with Gasteiger partial charge in [0, 0.05) is 17.9 Å². The van der Waals surface area contributed by atoms with Crippen molar-refractivity contribution in [1.82, 2.24) is 14.8 Å². The number of hydrogen-bond acceptors (Lipinski definition) is 5. The number of aromatic nitrogens is 3. The van der Waals surface area contributed by atoms with Crippen LogP contribution in [0.5, 0.6) is 5.75 Å². The fourth-order valence-electron chi connectivity index (χ4n) is 3.94. The molecule has 1 aliphatic heterocycles. The van der Waals surface area contributed by atoms with E-state index in [-0.39, 0.29) is 24.1 Å². The van der Waals surface area contributed by atoms with Gasteiger partial charge in [0.05, 0.1) is 27.0 Å². The first-order chi connectivity index (χ1) is 14.9. The number of halogens is 2. The first-order valence-corrected chi connectivity index (χ1v) is 11.4. The molecule has 0 unspecified atom stereocenters. The van der Waals surface area contributed by atoms with E-state index in [1.807, 2.05) is 32.0 Å². The molecule has 1 atom stereocenters. The maximum absolute atomic E-state index is 13.8. The Bertz CT molecular complexity index is 1330. The number of amides is 1. The van der Waals surface area contributed by atoms with Crippen molar-refractivity contribution < 1.29 is 13.9 Å². The molecule has 1 amide bonds. The van der Waals surface area contributed by atoms with Crippen molar-refractivity contribution >= 4 is 49.2 Å². The number of nitrogens with one attached hydrogen (secondary N) is 1. The van der Waals surface area contributed by atoms with Gasteiger partial charge in [0.25, 0.3) is 0 Å². The van der Waals surface area contributed by atoms with Crippen LogP contribution in [-0.4, -0.2) is 27.3 Å². The summed E-state index contributed by atoms with van der Waals surface area (Å²) in [6.07, 6.45) is 0.273. The standard InChI is InChI=1S/C22H18BrFN4O2S/c1-3-30-13-5-7-17-18(9-13)31-22(25-17)28-21-20(11(2)27-28)14(10-19(29)26-21)12-4-6-16(24)15(23)8-12/h4-9,14H,3,10H2,1-2H3,(H,26,29)/t14-/m1/s1. The SMILES string of the molecule is CCOc1ccc2nc(-n3nc(C)c4c3NC(=O)C[C@@H]4c3ccc(F)c(Br)c3)sc2c1. The Kier molecular flexibility index (Phi) is 5.02. The van der Waals surface area contributed by atoms with Crippen molar-refractivity contribution in [3.63, 3.8) is 0 Å². The van der Waals surface area contributed by atoms with E-state index >= 15 is 0 Å². The van der Waals surface area contributed by atoms with Crippen LogP contribution in [0.2, 0.25) is 0 Å². The molecule has 9 heteroatoms. The van der Waals surface area contributed by atoms with Gasteiger partial charge in [-0.1, -0.05) is 17.4 Å². The third-order valence-electron chi connectivity index (χ3n) is 5.29. The molecule has 1 aliphatic rings. The molecular weight excluding hydrogens is 483 g/mol. The Morgan fingerprint density at radius 2 is 2.16 bits per heavy atom. The molecule has 0 radical (unpaired) electrons. The maximum Gasteiger partial charge on any atom is 0.226 e. The molecule has 4 aromatic rings. The summed E-state index contributed by atoms with van der Waals surface area (Å²) in [4.78, 5) is 17.3. The molecule has 158 valence electrons. The minimum atomic E-state index is -0.336. The van der Waals surface area contributed by atoms with Crippen LogP contribution in [0.3, 0.4) is 0 Å². The molecule has 3 heterocycles. The molecule has 0 saturated carbocycles. The van der Waals surface area contributed by atoms with E-state index in [2.05, 4.69) is 21.2 Å². The largest absolute Gasteiger partial charge is 0.494 e. The second kappa shape index (κ2) is 7.72. The number of carbonyl (C=O) groups is 1. The van der Waals surface area contributed by atoms with Crippen LogP contribution < -0.4 is 10.1 Å². The van der Waals surface area contributed by atoms with Crippen molar-refractivity contribution in [2.24, 2.45) is 0 Å². The van der Waals surface area contributed by atoms with Crippen LogP contribution >= 0.6 is 27.3 Å². The third-order valence-corrected chi connectivity index (χ3v) is 6.89. The molecular formula is C22H18BrFN4O2S. The minimum Gasteiger partial charge on any atom is -0.494 e. The van der Waals surface area contributed by atoms with Gasteiger partial charge in [-0.3, -0.25) is 4.79 Å². The number of anilines is 1. The number of aryl methyl sites for hydroxylation is 1. The number of fused-ring (bicyclic) bond motifs is 2. The number of benzene rings is 2. The van der Waals surface area contributed by atoms with E-state index in [1.54, 1.807) is 16.8 Å². The predicted octanol–water partition coefficient (Wildman–Crippen LogP) is 5.56. The fourth-order valence-corrected chi connectivity index (χ4v) is 5.29. The molecule has 2 aromatic heterocycles. The van der Waals surface area contributed by atoms with Crippen molar-refractivity contribution in [2.75, 3.05) is 11.9 Å². The lowest BCUT2D eigenvalue weighted by Gasteiger charge is -2.24. The molecule has 0 fully saturated rings. The predicted molar refractivity (Wildman–Crippen MR) is 122 cm³/mol. The molecule has 5 rings (SSSR count). The number of ether oxygens (including phenoxy) is 1. The lowest BCUT2D eigenvalue weighted by atomic mass is 9.86. The van der Waals surface area contributed by atoms with Crippen LogP contribution in [-0.2, 0) is 4.79 Å². The van der Waals surface area contributed by atoms with Crippen LogP contribution in [0.25, 0.3) is 15.3 Å². The second-order valence-corrected chi connectivity index (χ2v) is 9.16. The van der Waals surface area contributed by atoms with E-state index in [9.17, 15) is 9.18 Å². The highest BCUT2D eigenvalue weighted by Crippen LogP contribution is 2.42. The van der Waals surface area contributed by atoms with E-state index in [4.69, 9.17) is 14.8 Å². The van der Waals surface area contributed by atoms with Crippen molar-refractivity contribution in [2.45, 2.75) is 26.2 Å². The van der Waals surface area contributed by atoms with Gasteiger partial charge >= 0.3 is 0 Å². The Labute approximate surface area is 190 Å². The molecule has 1 N–H and O–H groups in total. The topological polar surface area (TPSA) is 69.0 Å². The average Bonchev–Trinajstić information content (AvgIpc) is 3.30. The first kappa shape index (κ1) is 20.1. The van der Waals surface area contributed by atoms with E-state index in [0.29, 0.717) is 22.0 Å². The Hall–Kier alpha value is -2.78. The maximum atomic E-state index is 13.8. The highest BCUT2D eigenvalue weighted by molar-refractivity contribution is 9.10. The second-order valence-electron chi connectivity index (χ2n) is 7.30. The number of hydrogen-bond donors (Lipinski definition) is 1. The summed E-state index contributed by atoms with van der Waals surface area (Å²) in [6, 6.07) is 10.6. The molecule has 0 saturated heterocycles. The van der Waals surface area contributed by atoms with Crippen LogP contribution in [0.1, 0.15) is 36.1 Å². The normalized spacial score (nSPS) is 15.7.